The average molecular weight is 366 g/mol. The van der Waals surface area contributed by atoms with Crippen LogP contribution in [-0.2, 0) is 11.3 Å². The molecule has 27 heavy (non-hydrogen) atoms. The maximum Gasteiger partial charge on any atom is 0.338 e. The minimum absolute atomic E-state index is 0.277. The van der Waals surface area contributed by atoms with E-state index < -0.39 is 0 Å². The van der Waals surface area contributed by atoms with Gasteiger partial charge in [-0.05, 0) is 43.3 Å². The van der Waals surface area contributed by atoms with E-state index in [9.17, 15) is 9.18 Å². The molecule has 0 saturated heterocycles. The number of ether oxygens (including phenoxy) is 1. The Bertz CT molecular complexity index is 916. The van der Waals surface area contributed by atoms with Crippen molar-refractivity contribution in [3.05, 3.63) is 77.7 Å². The number of halogens is 1. The van der Waals surface area contributed by atoms with Crippen LogP contribution in [0.1, 0.15) is 22.8 Å². The SMILES string of the molecule is CCOC(=O)c1ccc(Nc2ccnc(NCc3ccccc3F)n2)cc1. The highest BCUT2D eigenvalue weighted by Gasteiger charge is 2.07. The fourth-order valence-corrected chi connectivity index (χ4v) is 2.38. The van der Waals surface area contributed by atoms with Crippen molar-refractivity contribution in [3.8, 4) is 0 Å². The van der Waals surface area contributed by atoms with Crippen molar-refractivity contribution >= 4 is 23.4 Å². The van der Waals surface area contributed by atoms with E-state index in [0.29, 0.717) is 29.5 Å². The summed E-state index contributed by atoms with van der Waals surface area (Å²) in [5.41, 5.74) is 1.79. The highest BCUT2D eigenvalue weighted by molar-refractivity contribution is 5.89. The Morgan fingerprint density at radius 1 is 1.11 bits per heavy atom. The van der Waals surface area contributed by atoms with E-state index >= 15 is 0 Å². The van der Waals surface area contributed by atoms with Crippen LogP contribution in [-0.4, -0.2) is 22.5 Å². The van der Waals surface area contributed by atoms with Crippen LogP contribution in [0.25, 0.3) is 0 Å². The van der Waals surface area contributed by atoms with Gasteiger partial charge in [-0.1, -0.05) is 18.2 Å². The first-order chi connectivity index (χ1) is 13.2. The molecule has 0 radical (unpaired) electrons. The molecule has 1 heterocycles. The van der Waals surface area contributed by atoms with Crippen LogP contribution in [0, 0.1) is 5.82 Å². The summed E-state index contributed by atoms with van der Waals surface area (Å²) in [4.78, 5) is 20.2. The number of hydrogen-bond donors (Lipinski definition) is 2. The lowest BCUT2D eigenvalue weighted by atomic mass is 10.2. The molecule has 7 heteroatoms. The molecule has 0 aliphatic heterocycles. The number of esters is 1. The summed E-state index contributed by atoms with van der Waals surface area (Å²) in [7, 11) is 0. The standard InChI is InChI=1S/C20H19FN4O2/c1-2-27-19(26)14-7-9-16(10-8-14)24-18-11-12-22-20(25-18)23-13-15-5-3-4-6-17(15)21/h3-12H,2,13H2,1H3,(H2,22,23,24,25). The molecule has 0 atom stereocenters. The third kappa shape index (κ3) is 5.01. The van der Waals surface area contributed by atoms with Gasteiger partial charge in [-0.25, -0.2) is 14.2 Å². The first-order valence-corrected chi connectivity index (χ1v) is 8.50. The van der Waals surface area contributed by atoms with Gasteiger partial charge in [0.25, 0.3) is 0 Å². The summed E-state index contributed by atoms with van der Waals surface area (Å²) >= 11 is 0. The number of rotatable bonds is 7. The molecule has 0 fully saturated rings. The summed E-state index contributed by atoms with van der Waals surface area (Å²) in [6.07, 6.45) is 1.60. The molecule has 0 aliphatic carbocycles. The lowest BCUT2D eigenvalue weighted by Crippen LogP contribution is -2.06. The third-order valence-electron chi connectivity index (χ3n) is 3.72. The van der Waals surface area contributed by atoms with Gasteiger partial charge in [0.05, 0.1) is 12.2 Å². The molecule has 0 bridgehead atoms. The van der Waals surface area contributed by atoms with Crippen molar-refractivity contribution < 1.29 is 13.9 Å². The zero-order chi connectivity index (χ0) is 19.1. The molecule has 0 saturated carbocycles. The van der Waals surface area contributed by atoms with E-state index in [2.05, 4.69) is 20.6 Å². The Kier molecular flexibility index (Phi) is 5.94. The Hall–Kier alpha value is -3.48. The maximum atomic E-state index is 13.7. The first kappa shape index (κ1) is 18.3. The smallest absolute Gasteiger partial charge is 0.338 e. The van der Waals surface area contributed by atoms with Crippen LogP contribution in [0.2, 0.25) is 0 Å². The number of benzene rings is 2. The van der Waals surface area contributed by atoms with Crippen molar-refractivity contribution in [1.29, 1.82) is 0 Å². The molecule has 2 aromatic carbocycles. The lowest BCUT2D eigenvalue weighted by molar-refractivity contribution is 0.0526. The quantitative estimate of drug-likeness (QED) is 0.612. The predicted molar refractivity (Wildman–Crippen MR) is 101 cm³/mol. The van der Waals surface area contributed by atoms with Gasteiger partial charge in [0.1, 0.15) is 11.6 Å². The number of nitrogens with one attached hydrogen (secondary N) is 2. The second kappa shape index (κ2) is 8.75. The highest BCUT2D eigenvalue weighted by atomic mass is 19.1. The monoisotopic (exact) mass is 366 g/mol. The van der Waals surface area contributed by atoms with Crippen molar-refractivity contribution in [1.82, 2.24) is 9.97 Å². The van der Waals surface area contributed by atoms with E-state index in [-0.39, 0.29) is 18.3 Å². The van der Waals surface area contributed by atoms with Gasteiger partial charge >= 0.3 is 5.97 Å². The third-order valence-corrected chi connectivity index (χ3v) is 3.72. The minimum atomic E-state index is -0.356. The van der Waals surface area contributed by atoms with Crippen molar-refractivity contribution in [2.75, 3.05) is 17.2 Å². The summed E-state index contributed by atoms with van der Waals surface area (Å²) in [6.45, 7) is 2.38. The fourth-order valence-electron chi connectivity index (χ4n) is 2.38. The number of carbonyl (C=O) groups excluding carboxylic acids is 1. The van der Waals surface area contributed by atoms with Crippen LogP contribution in [0.15, 0.2) is 60.8 Å². The fraction of sp³-hybridized carbons (Fsp3) is 0.150. The molecule has 3 aromatic rings. The van der Waals surface area contributed by atoms with Gasteiger partial charge in [0.15, 0.2) is 0 Å². The largest absolute Gasteiger partial charge is 0.462 e. The van der Waals surface area contributed by atoms with Gasteiger partial charge < -0.3 is 15.4 Å². The van der Waals surface area contributed by atoms with E-state index in [1.54, 1.807) is 61.7 Å². The molecule has 1 aromatic heterocycles. The molecule has 0 amide bonds. The zero-order valence-electron chi connectivity index (χ0n) is 14.8. The van der Waals surface area contributed by atoms with Crippen LogP contribution in [0.3, 0.4) is 0 Å². The van der Waals surface area contributed by atoms with Crippen LogP contribution in [0.4, 0.5) is 21.8 Å². The van der Waals surface area contributed by atoms with E-state index in [0.717, 1.165) is 5.69 Å². The predicted octanol–water partition coefficient (Wildman–Crippen LogP) is 4.15. The second-order valence-electron chi connectivity index (χ2n) is 5.63. The Morgan fingerprint density at radius 2 is 1.89 bits per heavy atom. The zero-order valence-corrected chi connectivity index (χ0v) is 14.8. The molecule has 0 unspecified atom stereocenters. The van der Waals surface area contributed by atoms with Crippen LogP contribution < -0.4 is 10.6 Å². The minimum Gasteiger partial charge on any atom is -0.462 e. The van der Waals surface area contributed by atoms with Gasteiger partial charge in [-0.3, -0.25) is 0 Å². The van der Waals surface area contributed by atoms with Gasteiger partial charge in [0.2, 0.25) is 5.95 Å². The molecule has 0 spiro atoms. The van der Waals surface area contributed by atoms with Gasteiger partial charge in [-0.2, -0.15) is 4.98 Å². The van der Waals surface area contributed by atoms with Crippen LogP contribution >= 0.6 is 0 Å². The van der Waals surface area contributed by atoms with Crippen molar-refractivity contribution in [3.63, 3.8) is 0 Å². The topological polar surface area (TPSA) is 76.1 Å². The summed E-state index contributed by atoms with van der Waals surface area (Å²) in [6, 6.07) is 15.1. The molecule has 3 rings (SSSR count). The molecule has 6 nitrogen and oxygen atoms in total. The molecule has 138 valence electrons. The van der Waals surface area contributed by atoms with E-state index in [1.807, 2.05) is 0 Å². The lowest BCUT2D eigenvalue weighted by Gasteiger charge is -2.09. The first-order valence-electron chi connectivity index (χ1n) is 8.50. The van der Waals surface area contributed by atoms with Crippen molar-refractivity contribution in [2.24, 2.45) is 0 Å². The summed E-state index contributed by atoms with van der Waals surface area (Å²) in [5.74, 6) is 0.322. The second-order valence-corrected chi connectivity index (χ2v) is 5.63. The van der Waals surface area contributed by atoms with Gasteiger partial charge in [-0.15, -0.1) is 0 Å². The Labute approximate surface area is 156 Å². The summed E-state index contributed by atoms with van der Waals surface area (Å²) < 4.78 is 18.6. The normalized spacial score (nSPS) is 10.3. The molecular weight excluding hydrogens is 347 g/mol. The summed E-state index contributed by atoms with van der Waals surface area (Å²) in [5, 5.41) is 6.14. The molecule has 0 aliphatic rings. The number of hydrogen-bond acceptors (Lipinski definition) is 6. The number of carbonyl (C=O) groups is 1. The molecular formula is C20H19FN4O2. The maximum absolute atomic E-state index is 13.7. The average Bonchev–Trinajstić information content (AvgIpc) is 2.68. The number of nitrogens with zero attached hydrogens (tertiary/aromatic N) is 2. The molecule has 2 N–H and O–H groups in total. The number of anilines is 3. The van der Waals surface area contributed by atoms with Gasteiger partial charge in [0, 0.05) is 24.0 Å². The van der Waals surface area contributed by atoms with E-state index in [1.165, 1.54) is 6.07 Å². The van der Waals surface area contributed by atoms with E-state index in [4.69, 9.17) is 4.74 Å². The highest BCUT2D eigenvalue weighted by Crippen LogP contribution is 2.17. The Balaban J connectivity index is 1.63. The van der Waals surface area contributed by atoms with Crippen molar-refractivity contribution in [2.45, 2.75) is 13.5 Å². The number of aromatic nitrogens is 2. The Morgan fingerprint density at radius 3 is 2.63 bits per heavy atom. The van der Waals surface area contributed by atoms with Crippen LogP contribution in [0.5, 0.6) is 0 Å².